The van der Waals surface area contributed by atoms with E-state index in [1.165, 1.54) is 26.8 Å². The van der Waals surface area contributed by atoms with Gasteiger partial charge in [0, 0.05) is 86.9 Å². The summed E-state index contributed by atoms with van der Waals surface area (Å²) >= 11 is 14.8. The molecule has 0 aliphatic heterocycles. The summed E-state index contributed by atoms with van der Waals surface area (Å²) in [6.45, 7) is 0. The number of nitrogens with zero attached hydrogens (tertiary/aromatic N) is 6. The molecule has 12 aromatic rings. The van der Waals surface area contributed by atoms with Gasteiger partial charge in [0.15, 0.2) is 0 Å². The number of pyridine rings is 6. The Hall–Kier alpha value is -2.54. The third-order valence-electron chi connectivity index (χ3n) is 10.7. The first-order valence-corrected chi connectivity index (χ1v) is 23.8. The van der Waals surface area contributed by atoms with Gasteiger partial charge in [0.05, 0.1) is 60.7 Å². The number of fused-ring (bicyclic) bond motifs is 11. The number of para-hydroxylation sites is 1. The predicted octanol–water partition coefficient (Wildman–Crippen LogP) is 14.4. The number of aromatic nitrogens is 6. The van der Waals surface area contributed by atoms with Gasteiger partial charge in [0.1, 0.15) is 0 Å². The van der Waals surface area contributed by atoms with Crippen LogP contribution in [0.15, 0.2) is 97.2 Å². The molecule has 0 amide bonds. The van der Waals surface area contributed by atoms with Crippen LogP contribution < -0.4 is 0 Å². The SMILES string of the molecule is Ic1ccnc2cc3nc4cc5nc6cc7nc8cc9nc%10cc%11nc%12ccccc%12c(I)c%11cc%10c(I)c9cc8c(I)c7cc6c(I)c5cc4c(I)c3cc12. The molecule has 0 aliphatic carbocycles. The number of hydrogen-bond donors (Lipinski definition) is 0. The van der Waals surface area contributed by atoms with E-state index in [0.717, 1.165) is 115 Å². The van der Waals surface area contributed by atoms with Gasteiger partial charge in [-0.3, -0.25) is 4.98 Å². The Morgan fingerprint density at radius 3 is 0.964 bits per heavy atom. The highest BCUT2D eigenvalue weighted by atomic mass is 127. The molecule has 0 N–H and O–H groups in total. The summed E-state index contributed by atoms with van der Waals surface area (Å²) in [6, 6.07) is 32.4. The fourth-order valence-corrected chi connectivity index (χ4v) is 12.9. The zero-order valence-corrected chi connectivity index (χ0v) is 41.1. The molecular weight excluding hydrogens is 1370 g/mol. The van der Waals surface area contributed by atoms with E-state index in [4.69, 9.17) is 24.9 Å². The van der Waals surface area contributed by atoms with E-state index in [-0.39, 0.29) is 0 Å². The second-order valence-electron chi connectivity index (χ2n) is 13.9. The molecule has 0 saturated heterocycles. The second kappa shape index (κ2) is 13.0. The van der Waals surface area contributed by atoms with Crippen molar-refractivity contribution < 1.29 is 0 Å². The first-order chi connectivity index (χ1) is 27.2. The fourth-order valence-electron chi connectivity index (χ4n) is 8.00. The van der Waals surface area contributed by atoms with Crippen LogP contribution in [0.3, 0.4) is 0 Å². The van der Waals surface area contributed by atoms with Crippen molar-refractivity contribution in [1.29, 1.82) is 0 Å². The third kappa shape index (κ3) is 5.22. The first kappa shape index (κ1) is 35.4. The van der Waals surface area contributed by atoms with Crippen molar-refractivity contribution in [2.45, 2.75) is 0 Å². The minimum absolute atomic E-state index is 0.914. The number of hydrogen-bond acceptors (Lipinski definition) is 6. The summed E-state index contributed by atoms with van der Waals surface area (Å²) < 4.78 is 7.09. The lowest BCUT2D eigenvalue weighted by Crippen LogP contribution is -1.95. The summed E-state index contributed by atoms with van der Waals surface area (Å²) in [5.41, 5.74) is 10.3. The monoisotopic (exact) mass is 1390 g/mol. The zero-order chi connectivity index (χ0) is 37.7. The lowest BCUT2D eigenvalue weighted by molar-refractivity contribution is 1.40. The van der Waals surface area contributed by atoms with E-state index in [9.17, 15) is 0 Å². The molecule has 12 rings (SSSR count). The average molecular weight is 1390 g/mol. The third-order valence-corrected chi connectivity index (χ3v) is 17.5. The number of benzene rings is 6. The van der Waals surface area contributed by atoms with Gasteiger partial charge in [-0.05, 0) is 208 Å². The molecule has 56 heavy (non-hydrogen) atoms. The second-order valence-corrected chi connectivity index (χ2v) is 20.4. The molecule has 6 aromatic heterocycles. The quantitative estimate of drug-likeness (QED) is 0.111. The largest absolute Gasteiger partial charge is 0.256 e. The molecule has 6 heterocycles. The number of rotatable bonds is 0. The van der Waals surface area contributed by atoms with E-state index < -0.39 is 0 Å². The standard InChI is InChI=1S/C44H16I6N6/c45-28-5-6-51-30-12-31-19(7-18(28)30)41(47)22-9-23-35(14-34(22)53-31)55-38-16-39-27(11-26(38)43(23)49)44(50)25-10-24-36(15-37(25)56-39)54-33-13-32-20(8-21(33)42(24)48)40(46)17-3-1-2-4-29(17)52-32/h1-16H. The normalized spacial score (nSPS) is 12.5. The first-order valence-electron chi connectivity index (χ1n) is 17.3. The van der Waals surface area contributed by atoms with E-state index in [1.807, 2.05) is 12.3 Å². The van der Waals surface area contributed by atoms with Crippen LogP contribution in [0.1, 0.15) is 0 Å². The Morgan fingerprint density at radius 2 is 0.571 bits per heavy atom. The highest BCUT2D eigenvalue weighted by Crippen LogP contribution is 2.40. The van der Waals surface area contributed by atoms with Crippen molar-refractivity contribution in [2.75, 3.05) is 0 Å². The van der Waals surface area contributed by atoms with Gasteiger partial charge < -0.3 is 0 Å². The topological polar surface area (TPSA) is 77.3 Å². The molecular formula is C44H16I6N6. The van der Waals surface area contributed by atoms with Crippen molar-refractivity contribution in [1.82, 2.24) is 29.9 Å². The van der Waals surface area contributed by atoms with Crippen LogP contribution in [0.2, 0.25) is 0 Å². The molecule has 0 saturated carbocycles. The smallest absolute Gasteiger partial charge is 0.0742 e. The fraction of sp³-hybridized carbons (Fsp3) is 0. The summed E-state index contributed by atoms with van der Waals surface area (Å²) in [4.78, 5) is 30.5. The summed E-state index contributed by atoms with van der Waals surface area (Å²) in [6.07, 6.45) is 1.86. The molecule has 0 atom stereocenters. The molecule has 0 fully saturated rings. The van der Waals surface area contributed by atoms with Crippen LogP contribution in [0.25, 0.3) is 120 Å². The van der Waals surface area contributed by atoms with Crippen LogP contribution in [-0.2, 0) is 0 Å². The minimum Gasteiger partial charge on any atom is -0.256 e. The van der Waals surface area contributed by atoms with Crippen molar-refractivity contribution in [3.05, 3.63) is 119 Å². The lowest BCUT2D eigenvalue weighted by atomic mass is 10.0. The van der Waals surface area contributed by atoms with Crippen LogP contribution in [0, 0.1) is 21.4 Å². The molecule has 6 nitrogen and oxygen atoms in total. The molecule has 0 radical (unpaired) electrons. The Morgan fingerprint density at radius 1 is 0.268 bits per heavy atom. The van der Waals surface area contributed by atoms with Crippen molar-refractivity contribution in [3.63, 3.8) is 0 Å². The van der Waals surface area contributed by atoms with Crippen molar-refractivity contribution in [3.8, 4) is 0 Å². The summed E-state index contributed by atoms with van der Waals surface area (Å²) in [5, 5.41) is 12.4. The molecule has 0 spiro atoms. The van der Waals surface area contributed by atoms with E-state index in [0.29, 0.717) is 0 Å². The molecule has 0 aliphatic rings. The maximum Gasteiger partial charge on any atom is 0.0742 e. The van der Waals surface area contributed by atoms with Crippen molar-refractivity contribution >= 4 is 255 Å². The van der Waals surface area contributed by atoms with Gasteiger partial charge in [-0.1, -0.05) is 18.2 Å². The molecule has 264 valence electrons. The van der Waals surface area contributed by atoms with Gasteiger partial charge in [0.2, 0.25) is 0 Å². The van der Waals surface area contributed by atoms with Gasteiger partial charge >= 0.3 is 0 Å². The van der Waals surface area contributed by atoms with Crippen LogP contribution in [0.4, 0.5) is 0 Å². The van der Waals surface area contributed by atoms with Crippen LogP contribution >= 0.6 is 136 Å². The lowest BCUT2D eigenvalue weighted by Gasteiger charge is -2.13. The number of halogens is 6. The van der Waals surface area contributed by atoms with Crippen LogP contribution in [0.5, 0.6) is 0 Å². The minimum atomic E-state index is 0.914. The van der Waals surface area contributed by atoms with Crippen molar-refractivity contribution in [2.24, 2.45) is 0 Å². The summed E-state index contributed by atoms with van der Waals surface area (Å²) in [7, 11) is 0. The summed E-state index contributed by atoms with van der Waals surface area (Å²) in [5.74, 6) is 0. The highest BCUT2D eigenvalue weighted by Gasteiger charge is 2.19. The average Bonchev–Trinajstić information content (AvgIpc) is 3.19. The van der Waals surface area contributed by atoms with E-state index >= 15 is 0 Å². The van der Waals surface area contributed by atoms with Gasteiger partial charge in [-0.25, -0.2) is 24.9 Å². The predicted molar refractivity (Wildman–Crippen MR) is 282 cm³/mol. The molecule has 0 unspecified atom stereocenters. The van der Waals surface area contributed by atoms with Gasteiger partial charge in [-0.2, -0.15) is 0 Å². The van der Waals surface area contributed by atoms with Gasteiger partial charge in [-0.15, -0.1) is 0 Å². The van der Waals surface area contributed by atoms with E-state index in [2.05, 4.69) is 225 Å². The maximum atomic E-state index is 5.26. The Kier molecular flexibility index (Phi) is 8.21. The zero-order valence-electron chi connectivity index (χ0n) is 28.2. The van der Waals surface area contributed by atoms with Gasteiger partial charge in [0.25, 0.3) is 0 Å². The van der Waals surface area contributed by atoms with E-state index in [1.54, 1.807) is 0 Å². The Bertz CT molecular complexity index is 3860. The maximum absolute atomic E-state index is 5.26. The Labute approximate surface area is 398 Å². The Balaban J connectivity index is 1.07. The highest BCUT2D eigenvalue weighted by molar-refractivity contribution is 14.1. The molecule has 6 aromatic carbocycles. The molecule has 0 bridgehead atoms. The van der Waals surface area contributed by atoms with Crippen LogP contribution in [-0.4, -0.2) is 29.9 Å². The molecule has 12 heteroatoms.